The van der Waals surface area contributed by atoms with Gasteiger partial charge in [0.05, 0.1) is 0 Å². The number of nitrogens with zero attached hydrogens (tertiary/aromatic N) is 2. The summed E-state index contributed by atoms with van der Waals surface area (Å²) < 4.78 is 2.40. The van der Waals surface area contributed by atoms with Gasteiger partial charge in [-0.1, -0.05) is 28.1 Å². The second-order valence-electron chi connectivity index (χ2n) is 3.38. The van der Waals surface area contributed by atoms with E-state index in [0.29, 0.717) is 5.69 Å². The van der Waals surface area contributed by atoms with E-state index in [-0.39, 0.29) is 5.56 Å². The first kappa shape index (κ1) is 10.9. The van der Waals surface area contributed by atoms with Gasteiger partial charge >= 0.3 is 5.97 Å². The molecule has 1 N–H and O–H groups in total. The average Bonchev–Trinajstić information content (AvgIpc) is 2.60. The van der Waals surface area contributed by atoms with Crippen molar-refractivity contribution in [2.45, 2.75) is 0 Å². The van der Waals surface area contributed by atoms with E-state index in [1.165, 1.54) is 10.9 Å². The number of aryl methyl sites for hydroxylation is 1. The van der Waals surface area contributed by atoms with Crippen LogP contribution in [0.25, 0.3) is 11.3 Å². The van der Waals surface area contributed by atoms with Gasteiger partial charge < -0.3 is 5.11 Å². The Balaban J connectivity index is 2.59. The number of carbonyl (C=O) groups is 1. The number of hydrogen-bond donors (Lipinski definition) is 1. The fraction of sp³-hybridized carbons (Fsp3) is 0.0909. The van der Waals surface area contributed by atoms with Crippen molar-refractivity contribution in [1.29, 1.82) is 0 Å². The lowest BCUT2D eigenvalue weighted by Gasteiger charge is -1.99. The number of rotatable bonds is 2. The topological polar surface area (TPSA) is 55.1 Å². The van der Waals surface area contributed by atoms with Crippen LogP contribution in [0.5, 0.6) is 0 Å². The molecule has 0 aliphatic rings. The molecular formula is C11H9BrN2O2. The number of carboxylic acid groups (broad SMARTS) is 1. The van der Waals surface area contributed by atoms with Crippen molar-refractivity contribution in [3.05, 3.63) is 40.5 Å². The van der Waals surface area contributed by atoms with Crippen molar-refractivity contribution in [2.24, 2.45) is 7.05 Å². The van der Waals surface area contributed by atoms with Crippen molar-refractivity contribution in [2.75, 3.05) is 0 Å². The first-order valence-corrected chi connectivity index (χ1v) is 5.40. The molecule has 0 spiro atoms. The molecule has 5 heteroatoms. The molecule has 0 fully saturated rings. The molecule has 0 amide bonds. The molecule has 82 valence electrons. The highest BCUT2D eigenvalue weighted by molar-refractivity contribution is 9.10. The Bertz CT molecular complexity index is 549. The van der Waals surface area contributed by atoms with E-state index in [0.717, 1.165) is 10.0 Å². The Morgan fingerprint density at radius 1 is 1.50 bits per heavy atom. The van der Waals surface area contributed by atoms with Crippen molar-refractivity contribution in [1.82, 2.24) is 9.78 Å². The maximum atomic E-state index is 11.0. The van der Waals surface area contributed by atoms with E-state index in [1.54, 1.807) is 7.05 Å². The molecule has 0 atom stereocenters. The first-order chi connectivity index (χ1) is 7.58. The monoisotopic (exact) mass is 280 g/mol. The van der Waals surface area contributed by atoms with Crippen LogP contribution < -0.4 is 0 Å². The lowest BCUT2D eigenvalue weighted by molar-refractivity contribution is 0.0697. The van der Waals surface area contributed by atoms with Crippen molar-refractivity contribution in [3.8, 4) is 11.3 Å². The van der Waals surface area contributed by atoms with Crippen LogP contribution in [0.1, 0.15) is 10.4 Å². The van der Waals surface area contributed by atoms with Gasteiger partial charge in [-0.3, -0.25) is 4.68 Å². The normalized spacial score (nSPS) is 10.4. The van der Waals surface area contributed by atoms with Gasteiger partial charge in [0.25, 0.3) is 0 Å². The number of halogens is 1. The molecule has 0 unspecified atom stereocenters. The molecule has 16 heavy (non-hydrogen) atoms. The fourth-order valence-electron chi connectivity index (χ4n) is 1.49. The van der Waals surface area contributed by atoms with Crippen LogP contribution >= 0.6 is 15.9 Å². The predicted molar refractivity (Wildman–Crippen MR) is 63.3 cm³/mol. The molecule has 0 saturated carbocycles. The summed E-state index contributed by atoms with van der Waals surface area (Å²) in [4.78, 5) is 11.0. The molecule has 0 aliphatic carbocycles. The van der Waals surface area contributed by atoms with E-state index in [9.17, 15) is 4.79 Å². The fourth-order valence-corrected chi connectivity index (χ4v) is 1.89. The molecule has 0 aliphatic heterocycles. The van der Waals surface area contributed by atoms with E-state index < -0.39 is 5.97 Å². The van der Waals surface area contributed by atoms with E-state index in [4.69, 9.17) is 5.11 Å². The Morgan fingerprint density at radius 2 is 2.25 bits per heavy atom. The highest BCUT2D eigenvalue weighted by Gasteiger charge is 2.15. The third-order valence-electron chi connectivity index (χ3n) is 2.16. The van der Waals surface area contributed by atoms with Gasteiger partial charge in [-0.05, 0) is 12.1 Å². The minimum absolute atomic E-state index is 0.209. The third kappa shape index (κ3) is 1.99. The lowest BCUT2D eigenvalue weighted by Crippen LogP contribution is -1.96. The quantitative estimate of drug-likeness (QED) is 0.920. The van der Waals surface area contributed by atoms with E-state index >= 15 is 0 Å². The molecular weight excluding hydrogens is 272 g/mol. The second kappa shape index (κ2) is 4.09. The van der Waals surface area contributed by atoms with Gasteiger partial charge in [0.1, 0.15) is 11.3 Å². The molecule has 1 aromatic heterocycles. The highest BCUT2D eigenvalue weighted by Crippen LogP contribution is 2.24. The summed E-state index contributed by atoms with van der Waals surface area (Å²) in [6.07, 6.45) is 1.50. The van der Waals surface area contributed by atoms with Gasteiger partial charge in [0.15, 0.2) is 0 Å². The second-order valence-corrected chi connectivity index (χ2v) is 4.30. The zero-order chi connectivity index (χ0) is 11.7. The standard InChI is InChI=1S/C11H9BrN2O2/c1-14-6-9(11(15)16)10(13-14)7-3-2-4-8(12)5-7/h2-6H,1H3,(H,15,16). The summed E-state index contributed by atoms with van der Waals surface area (Å²) in [6.45, 7) is 0. The van der Waals surface area contributed by atoms with Gasteiger partial charge in [0.2, 0.25) is 0 Å². The summed E-state index contributed by atoms with van der Waals surface area (Å²) in [5, 5.41) is 13.2. The molecule has 0 saturated heterocycles. The van der Waals surface area contributed by atoms with E-state index in [1.807, 2.05) is 24.3 Å². The third-order valence-corrected chi connectivity index (χ3v) is 2.65. The molecule has 1 heterocycles. The van der Waals surface area contributed by atoms with Crippen LogP contribution in [-0.2, 0) is 7.05 Å². The van der Waals surface area contributed by atoms with Crippen LogP contribution in [0.15, 0.2) is 34.9 Å². The van der Waals surface area contributed by atoms with Gasteiger partial charge in [0, 0.05) is 23.3 Å². The Morgan fingerprint density at radius 3 is 2.88 bits per heavy atom. The van der Waals surface area contributed by atoms with Crippen LogP contribution in [0.2, 0.25) is 0 Å². The number of carboxylic acids is 1. The molecule has 0 bridgehead atoms. The Kier molecular flexibility index (Phi) is 2.78. The summed E-state index contributed by atoms with van der Waals surface area (Å²) >= 11 is 3.35. The van der Waals surface area contributed by atoms with Gasteiger partial charge in [-0.25, -0.2) is 4.79 Å². The van der Waals surface area contributed by atoms with Crippen molar-refractivity contribution >= 4 is 21.9 Å². The smallest absolute Gasteiger partial charge is 0.339 e. The molecule has 0 radical (unpaired) electrons. The summed E-state index contributed by atoms with van der Waals surface area (Å²) in [6, 6.07) is 7.40. The summed E-state index contributed by atoms with van der Waals surface area (Å²) in [5.41, 5.74) is 1.48. The summed E-state index contributed by atoms with van der Waals surface area (Å²) in [5.74, 6) is -0.969. The number of aromatic nitrogens is 2. The Labute approximate surface area is 101 Å². The molecule has 2 rings (SSSR count). The molecule has 1 aromatic carbocycles. The SMILES string of the molecule is Cn1cc(C(=O)O)c(-c2cccc(Br)c2)n1. The molecule has 4 nitrogen and oxygen atoms in total. The van der Waals surface area contributed by atoms with Crippen LogP contribution in [0.4, 0.5) is 0 Å². The zero-order valence-electron chi connectivity index (χ0n) is 8.51. The van der Waals surface area contributed by atoms with Gasteiger partial charge in [-0.15, -0.1) is 0 Å². The summed E-state index contributed by atoms with van der Waals surface area (Å²) in [7, 11) is 1.70. The minimum atomic E-state index is -0.969. The molecule has 2 aromatic rings. The number of aromatic carboxylic acids is 1. The average molecular weight is 281 g/mol. The van der Waals surface area contributed by atoms with Crippen molar-refractivity contribution < 1.29 is 9.90 Å². The zero-order valence-corrected chi connectivity index (χ0v) is 10.1. The van der Waals surface area contributed by atoms with Crippen LogP contribution in [-0.4, -0.2) is 20.9 Å². The van der Waals surface area contributed by atoms with Crippen LogP contribution in [0, 0.1) is 0 Å². The van der Waals surface area contributed by atoms with Crippen LogP contribution in [0.3, 0.4) is 0 Å². The maximum absolute atomic E-state index is 11.0. The van der Waals surface area contributed by atoms with Crippen molar-refractivity contribution in [3.63, 3.8) is 0 Å². The van der Waals surface area contributed by atoms with Gasteiger partial charge in [-0.2, -0.15) is 5.10 Å². The predicted octanol–water partition coefficient (Wildman–Crippen LogP) is 2.55. The Hall–Kier alpha value is -1.62. The highest BCUT2D eigenvalue weighted by atomic mass is 79.9. The number of benzene rings is 1. The minimum Gasteiger partial charge on any atom is -0.478 e. The lowest BCUT2D eigenvalue weighted by atomic mass is 10.1. The maximum Gasteiger partial charge on any atom is 0.339 e. The first-order valence-electron chi connectivity index (χ1n) is 4.61. The number of hydrogen-bond acceptors (Lipinski definition) is 2. The largest absolute Gasteiger partial charge is 0.478 e. The van der Waals surface area contributed by atoms with E-state index in [2.05, 4.69) is 21.0 Å².